The molecule has 0 aromatic rings. The number of hydrogen-bond acceptors (Lipinski definition) is 2. The van der Waals surface area contributed by atoms with Gasteiger partial charge in [0.25, 0.3) is 0 Å². The third kappa shape index (κ3) is 21.9. The summed E-state index contributed by atoms with van der Waals surface area (Å²) in [5, 5.41) is 3.36. The van der Waals surface area contributed by atoms with E-state index in [9.17, 15) is 0 Å². The number of rotatable bonds is 21. The van der Waals surface area contributed by atoms with Gasteiger partial charge in [0.15, 0.2) is 0 Å². The van der Waals surface area contributed by atoms with Crippen LogP contribution in [0.3, 0.4) is 0 Å². The molecule has 2 heteroatoms. The summed E-state index contributed by atoms with van der Waals surface area (Å²) in [5.74, 6) is 0. The van der Waals surface area contributed by atoms with Gasteiger partial charge in [0, 0.05) is 13.1 Å². The van der Waals surface area contributed by atoms with E-state index in [4.69, 9.17) is 5.73 Å². The first-order valence-electron chi connectivity index (χ1n) is 11.3. The molecule has 0 aromatic heterocycles. The van der Waals surface area contributed by atoms with Gasteiger partial charge in [0.2, 0.25) is 0 Å². The molecule has 0 saturated heterocycles. The van der Waals surface area contributed by atoms with Crippen LogP contribution in [0.15, 0.2) is 0 Å². The normalized spacial score (nSPS) is 11.2. The van der Waals surface area contributed by atoms with Crippen molar-refractivity contribution in [1.29, 1.82) is 0 Å². The molecule has 0 heterocycles. The molecule has 24 heavy (non-hydrogen) atoms. The minimum atomic E-state index is 0.763. The SMILES string of the molecule is CCCCCCCCCCCCCCCCCCCCNCCN. The van der Waals surface area contributed by atoms with E-state index >= 15 is 0 Å². The Kier molecular flexibility index (Phi) is 22.8. The molecule has 0 radical (unpaired) electrons. The Hall–Kier alpha value is -0.0800. The number of unbranched alkanes of at least 4 members (excludes halogenated alkanes) is 17. The molecule has 0 fully saturated rings. The monoisotopic (exact) mass is 340 g/mol. The zero-order valence-corrected chi connectivity index (χ0v) is 16.9. The van der Waals surface area contributed by atoms with Crippen molar-refractivity contribution in [2.24, 2.45) is 5.73 Å². The smallest absolute Gasteiger partial charge is 0.00745 e. The lowest BCUT2D eigenvalue weighted by Gasteiger charge is -2.04. The van der Waals surface area contributed by atoms with E-state index in [1.165, 1.54) is 116 Å². The Morgan fingerprint density at radius 2 is 0.792 bits per heavy atom. The van der Waals surface area contributed by atoms with Gasteiger partial charge in [-0.25, -0.2) is 0 Å². The Labute approximate surface area is 153 Å². The van der Waals surface area contributed by atoms with Crippen molar-refractivity contribution in [3.05, 3.63) is 0 Å². The lowest BCUT2D eigenvalue weighted by atomic mass is 10.0. The van der Waals surface area contributed by atoms with E-state index in [2.05, 4.69) is 12.2 Å². The Balaban J connectivity index is 2.93. The third-order valence-electron chi connectivity index (χ3n) is 5.03. The summed E-state index contributed by atoms with van der Waals surface area (Å²) in [4.78, 5) is 0. The van der Waals surface area contributed by atoms with Gasteiger partial charge >= 0.3 is 0 Å². The van der Waals surface area contributed by atoms with Gasteiger partial charge in [-0.2, -0.15) is 0 Å². The lowest BCUT2D eigenvalue weighted by Crippen LogP contribution is -2.23. The van der Waals surface area contributed by atoms with Gasteiger partial charge in [-0.3, -0.25) is 0 Å². The largest absolute Gasteiger partial charge is 0.329 e. The first-order valence-corrected chi connectivity index (χ1v) is 11.3. The molecule has 0 aromatic carbocycles. The van der Waals surface area contributed by atoms with Crippen molar-refractivity contribution >= 4 is 0 Å². The zero-order valence-electron chi connectivity index (χ0n) is 16.9. The van der Waals surface area contributed by atoms with Crippen LogP contribution in [0.25, 0.3) is 0 Å². The van der Waals surface area contributed by atoms with Crippen molar-refractivity contribution in [1.82, 2.24) is 5.32 Å². The van der Waals surface area contributed by atoms with E-state index in [0.29, 0.717) is 0 Å². The highest BCUT2D eigenvalue weighted by atomic mass is 14.9. The summed E-state index contributed by atoms with van der Waals surface area (Å²) < 4.78 is 0. The Bertz CT molecular complexity index is 184. The van der Waals surface area contributed by atoms with Crippen molar-refractivity contribution < 1.29 is 0 Å². The van der Waals surface area contributed by atoms with E-state index in [0.717, 1.165) is 19.6 Å². The summed E-state index contributed by atoms with van der Waals surface area (Å²) in [6, 6.07) is 0. The first kappa shape index (κ1) is 23.9. The quantitative estimate of drug-likeness (QED) is 0.232. The molecule has 146 valence electrons. The molecule has 0 rings (SSSR count). The maximum Gasteiger partial charge on any atom is 0.00745 e. The summed E-state index contributed by atoms with van der Waals surface area (Å²) >= 11 is 0. The van der Waals surface area contributed by atoms with Crippen molar-refractivity contribution in [2.75, 3.05) is 19.6 Å². The van der Waals surface area contributed by atoms with E-state index in [1.807, 2.05) is 0 Å². The first-order chi connectivity index (χ1) is 11.9. The maximum absolute atomic E-state index is 5.45. The predicted molar refractivity (Wildman–Crippen MR) is 111 cm³/mol. The lowest BCUT2D eigenvalue weighted by molar-refractivity contribution is 0.522. The van der Waals surface area contributed by atoms with Crippen LogP contribution in [0, 0.1) is 0 Å². The van der Waals surface area contributed by atoms with Crippen molar-refractivity contribution in [3.63, 3.8) is 0 Å². The number of nitrogens with one attached hydrogen (secondary N) is 1. The molecule has 2 nitrogen and oxygen atoms in total. The van der Waals surface area contributed by atoms with Gasteiger partial charge in [0.1, 0.15) is 0 Å². The molecule has 0 aliphatic carbocycles. The molecule has 0 atom stereocenters. The second-order valence-corrected chi connectivity index (χ2v) is 7.55. The van der Waals surface area contributed by atoms with Gasteiger partial charge in [-0.15, -0.1) is 0 Å². The van der Waals surface area contributed by atoms with Crippen molar-refractivity contribution in [2.45, 2.75) is 122 Å². The highest BCUT2D eigenvalue weighted by molar-refractivity contribution is 4.52. The molecule has 0 amide bonds. The standard InChI is InChI=1S/C22H48N2/c1-2-3-4-5-6-7-8-9-10-11-12-13-14-15-16-17-18-19-21-24-22-20-23/h24H,2-23H2,1H3. The van der Waals surface area contributed by atoms with Gasteiger partial charge < -0.3 is 11.1 Å². The fourth-order valence-electron chi connectivity index (χ4n) is 3.38. The maximum atomic E-state index is 5.45. The van der Waals surface area contributed by atoms with Crippen LogP contribution < -0.4 is 11.1 Å². The van der Waals surface area contributed by atoms with Crippen LogP contribution in [-0.4, -0.2) is 19.6 Å². The molecule has 0 aliphatic heterocycles. The van der Waals surface area contributed by atoms with E-state index < -0.39 is 0 Å². The second kappa shape index (κ2) is 22.9. The minimum absolute atomic E-state index is 0.763. The van der Waals surface area contributed by atoms with Crippen LogP contribution in [0.5, 0.6) is 0 Å². The molecule has 0 saturated carbocycles. The molecular formula is C22H48N2. The fourth-order valence-corrected chi connectivity index (χ4v) is 3.38. The zero-order chi connectivity index (χ0) is 17.6. The molecule has 3 N–H and O–H groups in total. The highest BCUT2D eigenvalue weighted by Crippen LogP contribution is 2.14. The van der Waals surface area contributed by atoms with Gasteiger partial charge in [0.05, 0.1) is 0 Å². The van der Waals surface area contributed by atoms with Crippen molar-refractivity contribution in [3.8, 4) is 0 Å². The van der Waals surface area contributed by atoms with E-state index in [1.54, 1.807) is 0 Å². The minimum Gasteiger partial charge on any atom is -0.329 e. The highest BCUT2D eigenvalue weighted by Gasteiger charge is 1.95. The average Bonchev–Trinajstić information content (AvgIpc) is 2.60. The van der Waals surface area contributed by atoms with E-state index in [-0.39, 0.29) is 0 Å². The van der Waals surface area contributed by atoms with Gasteiger partial charge in [-0.1, -0.05) is 116 Å². The van der Waals surface area contributed by atoms with Crippen LogP contribution in [-0.2, 0) is 0 Å². The summed E-state index contributed by atoms with van der Waals surface area (Å²) in [6.45, 7) is 5.18. The predicted octanol–water partition coefficient (Wildman–Crippen LogP) is 6.58. The average molecular weight is 341 g/mol. The second-order valence-electron chi connectivity index (χ2n) is 7.55. The summed E-state index contributed by atoms with van der Waals surface area (Å²) in [7, 11) is 0. The van der Waals surface area contributed by atoms with Crippen LogP contribution in [0.4, 0.5) is 0 Å². The Morgan fingerprint density at radius 3 is 1.12 bits per heavy atom. The number of hydrogen-bond donors (Lipinski definition) is 2. The fraction of sp³-hybridized carbons (Fsp3) is 1.00. The third-order valence-corrected chi connectivity index (χ3v) is 5.03. The Morgan fingerprint density at radius 1 is 0.458 bits per heavy atom. The topological polar surface area (TPSA) is 38.0 Å². The van der Waals surface area contributed by atoms with Crippen LogP contribution in [0.2, 0.25) is 0 Å². The summed E-state index contributed by atoms with van der Waals surface area (Å²) in [6.07, 6.45) is 26.0. The van der Waals surface area contributed by atoms with Gasteiger partial charge in [-0.05, 0) is 13.0 Å². The van der Waals surface area contributed by atoms with Crippen LogP contribution in [0.1, 0.15) is 122 Å². The molecule has 0 bridgehead atoms. The summed E-state index contributed by atoms with van der Waals surface area (Å²) in [5.41, 5.74) is 5.45. The molecule has 0 spiro atoms. The molecular weight excluding hydrogens is 292 g/mol. The molecule has 0 unspecified atom stereocenters. The molecule has 0 aliphatic rings. The van der Waals surface area contributed by atoms with Crippen LogP contribution >= 0.6 is 0 Å². The number of nitrogens with two attached hydrogens (primary N) is 1.